The highest BCUT2D eigenvalue weighted by Crippen LogP contribution is 2.26. The van der Waals surface area contributed by atoms with Crippen molar-refractivity contribution in [3.63, 3.8) is 0 Å². The Morgan fingerprint density at radius 3 is 2.54 bits per heavy atom. The summed E-state index contributed by atoms with van der Waals surface area (Å²) in [6.07, 6.45) is 1.54. The van der Waals surface area contributed by atoms with Gasteiger partial charge in [-0.15, -0.1) is 11.3 Å². The number of carbonyl (C=O) groups is 1. The first-order valence-corrected chi connectivity index (χ1v) is 10.6. The number of sulfonamides is 1. The average Bonchev–Trinajstić information content (AvgIpc) is 3.02. The Labute approximate surface area is 158 Å². The van der Waals surface area contributed by atoms with Crippen molar-refractivity contribution in [1.82, 2.24) is 9.71 Å². The van der Waals surface area contributed by atoms with Crippen LogP contribution in [-0.2, 0) is 20.2 Å². The van der Waals surface area contributed by atoms with Gasteiger partial charge in [0.05, 0.1) is 5.69 Å². The Kier molecular flexibility index (Phi) is 6.69. The molecule has 0 aliphatic rings. The van der Waals surface area contributed by atoms with Crippen LogP contribution in [0.4, 0.5) is 5.13 Å². The molecule has 0 saturated carbocycles. The molecule has 2 aromatic rings. The predicted octanol–water partition coefficient (Wildman–Crippen LogP) is 3.36. The quantitative estimate of drug-likeness (QED) is 0.755. The number of nitrogens with one attached hydrogen (secondary N) is 2. The Bertz CT molecular complexity index is 867. The molecular formula is C18H23N3O3S2. The molecule has 26 heavy (non-hydrogen) atoms. The van der Waals surface area contributed by atoms with E-state index in [4.69, 9.17) is 0 Å². The maximum Gasteiger partial charge on any atom is 0.233 e. The van der Waals surface area contributed by atoms with E-state index in [2.05, 4.69) is 15.0 Å². The first-order valence-electron chi connectivity index (χ1n) is 8.14. The summed E-state index contributed by atoms with van der Waals surface area (Å²) in [5.74, 6) is -0.283. The second-order valence-electron chi connectivity index (χ2n) is 6.74. The molecule has 0 spiro atoms. The highest BCUT2D eigenvalue weighted by Gasteiger charge is 2.18. The van der Waals surface area contributed by atoms with Crippen molar-refractivity contribution in [3.8, 4) is 0 Å². The molecule has 0 atom stereocenters. The second kappa shape index (κ2) is 8.57. The van der Waals surface area contributed by atoms with Crippen molar-refractivity contribution >= 4 is 38.5 Å². The van der Waals surface area contributed by atoms with Gasteiger partial charge in [-0.25, -0.2) is 18.1 Å². The third-order valence-electron chi connectivity index (χ3n) is 3.41. The van der Waals surface area contributed by atoms with E-state index in [0.29, 0.717) is 5.13 Å². The number of amides is 1. The molecule has 6 nitrogen and oxygen atoms in total. The van der Waals surface area contributed by atoms with Crippen molar-refractivity contribution in [2.45, 2.75) is 32.6 Å². The van der Waals surface area contributed by atoms with Crippen molar-refractivity contribution in [3.05, 3.63) is 52.4 Å². The van der Waals surface area contributed by atoms with Crippen LogP contribution in [0.25, 0.3) is 6.08 Å². The molecular weight excluding hydrogens is 370 g/mol. The van der Waals surface area contributed by atoms with Gasteiger partial charge in [-0.1, -0.05) is 51.1 Å². The predicted molar refractivity (Wildman–Crippen MR) is 106 cm³/mol. The van der Waals surface area contributed by atoms with Gasteiger partial charge in [0.2, 0.25) is 15.9 Å². The van der Waals surface area contributed by atoms with Crippen molar-refractivity contribution in [2.75, 3.05) is 11.9 Å². The first kappa shape index (κ1) is 20.3. The number of anilines is 1. The summed E-state index contributed by atoms with van der Waals surface area (Å²) in [4.78, 5) is 16.3. The summed E-state index contributed by atoms with van der Waals surface area (Å²) in [6, 6.07) is 9.12. The summed E-state index contributed by atoms with van der Waals surface area (Å²) in [7, 11) is -3.59. The van der Waals surface area contributed by atoms with E-state index in [1.54, 1.807) is 12.1 Å². The minimum Gasteiger partial charge on any atom is -0.302 e. The fourth-order valence-corrected chi connectivity index (χ4v) is 3.72. The number of hydrogen-bond donors (Lipinski definition) is 2. The fraction of sp³-hybridized carbons (Fsp3) is 0.333. The van der Waals surface area contributed by atoms with Crippen LogP contribution < -0.4 is 10.0 Å². The van der Waals surface area contributed by atoms with Gasteiger partial charge in [-0.2, -0.15) is 0 Å². The maximum atomic E-state index is 11.9. The zero-order chi connectivity index (χ0) is 19.2. The minimum atomic E-state index is -3.59. The fourth-order valence-electron chi connectivity index (χ4n) is 1.94. The number of carbonyl (C=O) groups excluding carboxylic acids is 1. The van der Waals surface area contributed by atoms with Gasteiger partial charge in [0.25, 0.3) is 0 Å². The lowest BCUT2D eigenvalue weighted by molar-refractivity contribution is -0.116. The third kappa shape index (κ3) is 6.70. The zero-order valence-corrected chi connectivity index (χ0v) is 16.7. The molecule has 1 aromatic heterocycles. The number of rotatable bonds is 7. The number of nitrogens with zero attached hydrogens (tertiary/aromatic N) is 1. The molecule has 0 bridgehead atoms. The Morgan fingerprint density at radius 1 is 1.23 bits per heavy atom. The lowest BCUT2D eigenvalue weighted by Crippen LogP contribution is -2.26. The molecule has 8 heteroatoms. The lowest BCUT2D eigenvalue weighted by atomic mass is 9.93. The van der Waals surface area contributed by atoms with Crippen LogP contribution in [0.3, 0.4) is 0 Å². The summed E-state index contributed by atoms with van der Waals surface area (Å²) in [6.45, 7) is 6.16. The van der Waals surface area contributed by atoms with Crippen LogP contribution >= 0.6 is 11.3 Å². The molecule has 0 saturated heterocycles. The topological polar surface area (TPSA) is 88.2 Å². The maximum absolute atomic E-state index is 11.9. The number of benzene rings is 1. The second-order valence-corrected chi connectivity index (χ2v) is 9.25. The van der Waals surface area contributed by atoms with Crippen LogP contribution in [0.2, 0.25) is 0 Å². The molecule has 0 fully saturated rings. The van der Waals surface area contributed by atoms with E-state index in [0.717, 1.165) is 16.7 Å². The van der Waals surface area contributed by atoms with E-state index in [1.807, 2.05) is 44.4 Å². The molecule has 2 N–H and O–H groups in total. The van der Waals surface area contributed by atoms with E-state index < -0.39 is 10.0 Å². The normalized spacial score (nSPS) is 12.4. The summed E-state index contributed by atoms with van der Waals surface area (Å²) in [5, 5.41) is 6.22. The van der Waals surface area contributed by atoms with Gasteiger partial charge in [0.15, 0.2) is 5.13 Å². The third-order valence-corrected chi connectivity index (χ3v) is 5.27. The van der Waals surface area contributed by atoms with Crippen LogP contribution in [0.15, 0.2) is 41.1 Å². The van der Waals surface area contributed by atoms with Gasteiger partial charge in [-0.3, -0.25) is 4.79 Å². The zero-order valence-electron chi connectivity index (χ0n) is 15.0. The van der Waals surface area contributed by atoms with E-state index >= 15 is 0 Å². The van der Waals surface area contributed by atoms with Gasteiger partial charge < -0.3 is 5.32 Å². The van der Waals surface area contributed by atoms with E-state index in [9.17, 15) is 13.2 Å². The summed E-state index contributed by atoms with van der Waals surface area (Å²) < 4.78 is 26.2. The van der Waals surface area contributed by atoms with Crippen molar-refractivity contribution in [1.29, 1.82) is 0 Å². The van der Waals surface area contributed by atoms with Crippen LogP contribution in [0.5, 0.6) is 0 Å². The van der Waals surface area contributed by atoms with Crippen molar-refractivity contribution in [2.24, 2.45) is 0 Å². The summed E-state index contributed by atoms with van der Waals surface area (Å²) in [5.41, 5.74) is 1.61. The molecule has 1 amide bonds. The molecule has 1 heterocycles. The van der Waals surface area contributed by atoms with E-state index in [-0.39, 0.29) is 24.3 Å². The Balaban J connectivity index is 1.80. The standard InChI is InChI=1S/C18H23N3O3S2/c1-18(2,3)15-13-25-17(20-15)21-16(22)9-11-19-26(23,24)12-10-14-7-5-4-6-8-14/h4-8,10,12-13,19H,9,11H2,1-3H3,(H,20,21,22)/b12-10+. The van der Waals surface area contributed by atoms with Crippen LogP contribution in [-0.4, -0.2) is 25.9 Å². The average molecular weight is 394 g/mol. The Morgan fingerprint density at radius 2 is 1.92 bits per heavy atom. The minimum absolute atomic E-state index is 0.0187. The SMILES string of the molecule is CC(C)(C)c1csc(NC(=O)CCNS(=O)(=O)/C=C/c2ccccc2)n1. The molecule has 0 unspecified atom stereocenters. The van der Waals surface area contributed by atoms with Gasteiger partial charge >= 0.3 is 0 Å². The molecule has 0 aliphatic carbocycles. The smallest absolute Gasteiger partial charge is 0.233 e. The summed E-state index contributed by atoms with van der Waals surface area (Å²) >= 11 is 1.36. The highest BCUT2D eigenvalue weighted by molar-refractivity contribution is 7.92. The largest absolute Gasteiger partial charge is 0.302 e. The monoisotopic (exact) mass is 393 g/mol. The Hall–Kier alpha value is -2.03. The lowest BCUT2D eigenvalue weighted by Gasteiger charge is -2.14. The van der Waals surface area contributed by atoms with Crippen LogP contribution in [0, 0.1) is 0 Å². The number of thiazole rings is 1. The van der Waals surface area contributed by atoms with Gasteiger partial charge in [0, 0.05) is 29.2 Å². The van der Waals surface area contributed by atoms with Gasteiger partial charge in [-0.05, 0) is 11.6 Å². The van der Waals surface area contributed by atoms with Crippen LogP contribution in [0.1, 0.15) is 38.4 Å². The highest BCUT2D eigenvalue weighted by atomic mass is 32.2. The number of aromatic nitrogens is 1. The molecule has 140 valence electrons. The van der Waals surface area contributed by atoms with Gasteiger partial charge in [0.1, 0.15) is 0 Å². The molecule has 1 aromatic carbocycles. The molecule has 0 radical (unpaired) electrons. The number of hydrogen-bond acceptors (Lipinski definition) is 5. The van der Waals surface area contributed by atoms with E-state index in [1.165, 1.54) is 17.4 Å². The molecule has 0 aliphatic heterocycles. The first-order chi connectivity index (χ1) is 12.2. The van der Waals surface area contributed by atoms with Crippen molar-refractivity contribution < 1.29 is 13.2 Å². The molecule has 2 rings (SSSR count).